The van der Waals surface area contributed by atoms with Crippen molar-refractivity contribution >= 4 is 23.2 Å². The van der Waals surface area contributed by atoms with Gasteiger partial charge >= 0.3 is 5.97 Å². The van der Waals surface area contributed by atoms with Crippen LogP contribution in [0.25, 0.3) is 10.7 Å². The lowest BCUT2D eigenvalue weighted by molar-refractivity contribution is -0.146. The second kappa shape index (κ2) is 8.59. The Kier molecular flexibility index (Phi) is 5.97. The number of hydrogen-bond acceptors (Lipinski definition) is 7. The van der Waals surface area contributed by atoms with Gasteiger partial charge < -0.3 is 14.6 Å². The number of carbonyl (C=O) groups excluding carboxylic acids is 2. The molecule has 0 fully saturated rings. The fraction of sp³-hybridized carbons (Fsp3) is 0.263. The molecule has 2 aromatic heterocycles. The molecule has 1 unspecified atom stereocenters. The van der Waals surface area contributed by atoms with Gasteiger partial charge in [-0.25, -0.2) is 0 Å². The first kappa shape index (κ1) is 18.8. The second-order valence-corrected chi connectivity index (χ2v) is 6.97. The maximum atomic E-state index is 12.2. The third kappa shape index (κ3) is 5.24. The number of nitrogens with zero attached hydrogens (tertiary/aromatic N) is 2. The quantitative estimate of drug-likeness (QED) is 0.626. The molecule has 0 radical (unpaired) electrons. The fourth-order valence-electron chi connectivity index (χ4n) is 2.48. The van der Waals surface area contributed by atoms with Gasteiger partial charge in [0.2, 0.25) is 11.7 Å². The maximum Gasteiger partial charge on any atom is 0.308 e. The first-order valence-electron chi connectivity index (χ1n) is 8.37. The van der Waals surface area contributed by atoms with Crippen LogP contribution in [0.4, 0.5) is 0 Å². The molecule has 2 heterocycles. The van der Waals surface area contributed by atoms with Crippen molar-refractivity contribution in [3.05, 3.63) is 58.8 Å². The van der Waals surface area contributed by atoms with Gasteiger partial charge in [0.25, 0.3) is 5.89 Å². The number of aromatic nitrogens is 2. The van der Waals surface area contributed by atoms with E-state index in [-0.39, 0.29) is 24.8 Å². The topological polar surface area (TPSA) is 94.3 Å². The van der Waals surface area contributed by atoms with Gasteiger partial charge in [-0.1, -0.05) is 41.1 Å². The summed E-state index contributed by atoms with van der Waals surface area (Å²) in [6, 6.07) is 10.9. The molecule has 140 valence electrons. The van der Waals surface area contributed by atoms with Crippen LogP contribution in [0.2, 0.25) is 0 Å². The molecule has 7 nitrogen and oxygen atoms in total. The molecule has 0 saturated carbocycles. The average Bonchev–Trinajstić information content (AvgIpc) is 3.31. The Morgan fingerprint density at radius 2 is 2.04 bits per heavy atom. The van der Waals surface area contributed by atoms with Gasteiger partial charge in [0.1, 0.15) is 0 Å². The van der Waals surface area contributed by atoms with E-state index in [2.05, 4.69) is 15.5 Å². The van der Waals surface area contributed by atoms with Crippen LogP contribution in [0.5, 0.6) is 0 Å². The normalized spacial score (nSPS) is 11.8. The van der Waals surface area contributed by atoms with E-state index in [0.717, 1.165) is 16.0 Å². The summed E-state index contributed by atoms with van der Waals surface area (Å²) in [7, 11) is 0. The van der Waals surface area contributed by atoms with Crippen LogP contribution in [0.15, 0.2) is 46.3 Å². The first-order chi connectivity index (χ1) is 13.0. The highest BCUT2D eigenvalue weighted by Gasteiger charge is 2.19. The van der Waals surface area contributed by atoms with E-state index in [1.807, 2.05) is 48.7 Å². The second-order valence-electron chi connectivity index (χ2n) is 6.02. The van der Waals surface area contributed by atoms with Gasteiger partial charge in [0, 0.05) is 6.92 Å². The molecule has 0 spiro atoms. The fourth-order valence-corrected chi connectivity index (χ4v) is 3.13. The Bertz CT molecular complexity index is 903. The zero-order chi connectivity index (χ0) is 19.2. The van der Waals surface area contributed by atoms with Crippen molar-refractivity contribution in [1.82, 2.24) is 15.5 Å². The van der Waals surface area contributed by atoms with Crippen LogP contribution in [0.1, 0.15) is 36.4 Å². The molecule has 1 amide bonds. The standard InChI is InChI=1S/C19H19N3O4S/c1-12-5-7-14(8-6-12)15(20-13(2)23)10-18(24)25-11-17-21-19(22-26-17)16-4-3-9-27-16/h3-9,15H,10-11H2,1-2H3,(H,20,23). The number of esters is 1. The molecule has 1 atom stereocenters. The molecule has 0 aliphatic rings. The molecule has 8 heteroatoms. The van der Waals surface area contributed by atoms with Crippen LogP contribution in [0, 0.1) is 6.92 Å². The zero-order valence-electron chi connectivity index (χ0n) is 15.0. The Hall–Kier alpha value is -3.00. The summed E-state index contributed by atoms with van der Waals surface area (Å²) in [5, 5.41) is 8.56. The van der Waals surface area contributed by atoms with E-state index < -0.39 is 12.0 Å². The van der Waals surface area contributed by atoms with Crippen molar-refractivity contribution in [2.75, 3.05) is 0 Å². The largest absolute Gasteiger partial charge is 0.455 e. The molecule has 0 aliphatic carbocycles. The van der Waals surface area contributed by atoms with Crippen molar-refractivity contribution in [1.29, 1.82) is 0 Å². The number of nitrogens with one attached hydrogen (secondary N) is 1. The molecule has 1 N–H and O–H groups in total. The SMILES string of the molecule is CC(=O)NC(CC(=O)OCc1nc(-c2cccs2)no1)c1ccc(C)cc1. The van der Waals surface area contributed by atoms with E-state index in [1.54, 1.807) is 0 Å². The minimum absolute atomic E-state index is 0.00849. The highest BCUT2D eigenvalue weighted by atomic mass is 32.1. The molecule has 27 heavy (non-hydrogen) atoms. The number of rotatable bonds is 7. The Morgan fingerprint density at radius 3 is 2.70 bits per heavy atom. The minimum Gasteiger partial charge on any atom is -0.455 e. The molecule has 3 rings (SSSR count). The zero-order valence-corrected chi connectivity index (χ0v) is 15.8. The van der Waals surface area contributed by atoms with Gasteiger partial charge in [-0.3, -0.25) is 9.59 Å². The number of benzene rings is 1. The third-order valence-electron chi connectivity index (χ3n) is 3.79. The highest BCUT2D eigenvalue weighted by molar-refractivity contribution is 7.13. The molecule has 0 bridgehead atoms. The summed E-state index contributed by atoms with van der Waals surface area (Å²) < 4.78 is 10.3. The van der Waals surface area contributed by atoms with E-state index in [0.29, 0.717) is 5.82 Å². The predicted molar refractivity (Wildman–Crippen MR) is 99.8 cm³/mol. The summed E-state index contributed by atoms with van der Waals surface area (Å²) in [6.07, 6.45) is 0.00849. The lowest BCUT2D eigenvalue weighted by atomic mass is 10.0. The molecule has 3 aromatic rings. The molecule has 0 saturated heterocycles. The summed E-state index contributed by atoms with van der Waals surface area (Å²) in [6.45, 7) is 3.27. The van der Waals surface area contributed by atoms with Gasteiger partial charge in [0.05, 0.1) is 17.3 Å². The van der Waals surface area contributed by atoms with E-state index in [1.165, 1.54) is 18.3 Å². The highest BCUT2D eigenvalue weighted by Crippen LogP contribution is 2.22. The molecular weight excluding hydrogens is 366 g/mol. The minimum atomic E-state index is -0.467. The number of ether oxygens (including phenoxy) is 1. The van der Waals surface area contributed by atoms with Crippen LogP contribution in [0.3, 0.4) is 0 Å². The van der Waals surface area contributed by atoms with Gasteiger partial charge in [0.15, 0.2) is 6.61 Å². The predicted octanol–water partition coefficient (Wildman–Crippen LogP) is 3.42. The Balaban J connectivity index is 1.59. The molecular formula is C19H19N3O4S. The van der Waals surface area contributed by atoms with E-state index in [9.17, 15) is 9.59 Å². The van der Waals surface area contributed by atoms with Crippen LogP contribution >= 0.6 is 11.3 Å². The average molecular weight is 385 g/mol. The summed E-state index contributed by atoms with van der Waals surface area (Å²) in [5.74, 6) is 0.000977. The van der Waals surface area contributed by atoms with E-state index in [4.69, 9.17) is 9.26 Å². The lowest BCUT2D eigenvalue weighted by Gasteiger charge is -2.17. The first-order valence-corrected chi connectivity index (χ1v) is 9.25. The van der Waals surface area contributed by atoms with Crippen molar-refractivity contribution in [3.63, 3.8) is 0 Å². The molecule has 0 aliphatic heterocycles. The monoisotopic (exact) mass is 385 g/mol. The van der Waals surface area contributed by atoms with Crippen LogP contribution < -0.4 is 5.32 Å². The van der Waals surface area contributed by atoms with Crippen molar-refractivity contribution < 1.29 is 18.8 Å². The van der Waals surface area contributed by atoms with Crippen molar-refractivity contribution in [3.8, 4) is 10.7 Å². The Labute approximate surface area is 160 Å². The van der Waals surface area contributed by atoms with E-state index >= 15 is 0 Å². The number of carbonyl (C=O) groups is 2. The number of hydrogen-bond donors (Lipinski definition) is 1. The summed E-state index contributed by atoms with van der Waals surface area (Å²) in [5.41, 5.74) is 1.94. The van der Waals surface area contributed by atoms with Gasteiger partial charge in [-0.15, -0.1) is 11.3 Å². The Morgan fingerprint density at radius 1 is 1.26 bits per heavy atom. The van der Waals surface area contributed by atoms with Crippen LogP contribution in [-0.2, 0) is 20.9 Å². The van der Waals surface area contributed by atoms with Crippen molar-refractivity contribution in [2.45, 2.75) is 32.9 Å². The number of amides is 1. The summed E-state index contributed by atoms with van der Waals surface area (Å²) >= 11 is 1.49. The third-order valence-corrected chi connectivity index (χ3v) is 4.66. The number of aryl methyl sites for hydroxylation is 1. The van der Waals surface area contributed by atoms with Gasteiger partial charge in [-0.2, -0.15) is 4.98 Å². The van der Waals surface area contributed by atoms with Crippen LogP contribution in [-0.4, -0.2) is 22.0 Å². The smallest absolute Gasteiger partial charge is 0.308 e. The number of thiophene rings is 1. The van der Waals surface area contributed by atoms with Gasteiger partial charge in [-0.05, 0) is 23.9 Å². The molecule has 1 aromatic carbocycles. The maximum absolute atomic E-state index is 12.2. The summed E-state index contributed by atoms with van der Waals surface area (Å²) in [4.78, 5) is 28.8. The van der Waals surface area contributed by atoms with Crippen molar-refractivity contribution in [2.24, 2.45) is 0 Å². The lowest BCUT2D eigenvalue weighted by Crippen LogP contribution is -2.28.